The van der Waals surface area contributed by atoms with Crippen molar-refractivity contribution in [3.05, 3.63) is 24.0 Å². The number of nitrogens with zero attached hydrogens (tertiary/aromatic N) is 3. The third kappa shape index (κ3) is 2.35. The molecular weight excluding hydrogens is 222 g/mol. The molecule has 0 spiro atoms. The zero-order valence-corrected chi connectivity index (χ0v) is 9.46. The number of hydrogen-bond donors (Lipinski definition) is 1. The fourth-order valence-electron chi connectivity index (χ4n) is 1.66. The van der Waals surface area contributed by atoms with E-state index in [-0.39, 0.29) is 24.1 Å². The Bertz CT molecular complexity index is 461. The molecule has 17 heavy (non-hydrogen) atoms. The third-order valence-corrected chi connectivity index (χ3v) is 2.72. The number of hydrogen-bond acceptors (Lipinski definition) is 4. The molecule has 90 valence electrons. The van der Waals surface area contributed by atoms with Gasteiger partial charge in [-0.2, -0.15) is 0 Å². The quantitative estimate of drug-likeness (QED) is 0.725. The molecule has 0 radical (unpaired) electrons. The number of carbonyl (C=O) groups excluding carboxylic acids is 2. The van der Waals surface area contributed by atoms with Crippen LogP contribution in [0.3, 0.4) is 0 Å². The molecular formula is C11H13N3O3. The number of likely N-dealkylation sites (N-methyl/N-ethyl adjacent to an activating group) is 1. The summed E-state index contributed by atoms with van der Waals surface area (Å²) in [5, 5.41) is 9.25. The summed E-state index contributed by atoms with van der Waals surface area (Å²) in [6, 6.07) is 1.35. The van der Waals surface area contributed by atoms with E-state index in [2.05, 4.69) is 4.98 Å². The van der Waals surface area contributed by atoms with Gasteiger partial charge < -0.3 is 14.9 Å². The van der Waals surface area contributed by atoms with Gasteiger partial charge in [0.15, 0.2) is 0 Å². The van der Waals surface area contributed by atoms with Crippen LogP contribution in [-0.4, -0.2) is 58.4 Å². The smallest absolute Gasteiger partial charge is 0.256 e. The molecule has 1 fully saturated rings. The van der Waals surface area contributed by atoms with Gasteiger partial charge in [-0.25, -0.2) is 0 Å². The summed E-state index contributed by atoms with van der Waals surface area (Å²) in [6.45, 7) is 1.10. The summed E-state index contributed by atoms with van der Waals surface area (Å²) < 4.78 is 0. The SMILES string of the molecule is CN1CCN(C(=O)c2cncc(O)c2)CC1=O. The highest BCUT2D eigenvalue weighted by molar-refractivity contribution is 5.97. The maximum atomic E-state index is 12.0. The maximum absolute atomic E-state index is 12.0. The molecule has 0 aliphatic carbocycles. The van der Waals surface area contributed by atoms with Gasteiger partial charge in [0.2, 0.25) is 5.91 Å². The van der Waals surface area contributed by atoms with Crippen LogP contribution in [0.25, 0.3) is 0 Å². The second-order valence-electron chi connectivity index (χ2n) is 3.97. The minimum atomic E-state index is -0.283. The molecule has 1 saturated heterocycles. The molecule has 2 amide bonds. The molecule has 0 atom stereocenters. The summed E-state index contributed by atoms with van der Waals surface area (Å²) in [6.07, 6.45) is 2.64. The van der Waals surface area contributed by atoms with Crippen LogP contribution >= 0.6 is 0 Å². The molecule has 2 heterocycles. The van der Waals surface area contributed by atoms with E-state index in [1.165, 1.54) is 23.4 Å². The van der Waals surface area contributed by atoms with Crippen molar-refractivity contribution in [3.63, 3.8) is 0 Å². The molecule has 6 heteroatoms. The van der Waals surface area contributed by atoms with Crippen molar-refractivity contribution >= 4 is 11.8 Å². The van der Waals surface area contributed by atoms with Crippen LogP contribution in [0.2, 0.25) is 0 Å². The van der Waals surface area contributed by atoms with Crippen molar-refractivity contribution in [1.82, 2.24) is 14.8 Å². The summed E-state index contributed by atoms with van der Waals surface area (Å²) in [5.74, 6) is -0.427. The lowest BCUT2D eigenvalue weighted by Crippen LogP contribution is -2.50. The monoisotopic (exact) mass is 235 g/mol. The largest absolute Gasteiger partial charge is 0.506 e. The van der Waals surface area contributed by atoms with Crippen LogP contribution in [-0.2, 0) is 4.79 Å². The van der Waals surface area contributed by atoms with E-state index in [1.54, 1.807) is 11.9 Å². The van der Waals surface area contributed by atoms with E-state index in [9.17, 15) is 14.7 Å². The molecule has 6 nitrogen and oxygen atoms in total. The minimum Gasteiger partial charge on any atom is -0.506 e. The molecule has 0 saturated carbocycles. The number of piperazine rings is 1. The van der Waals surface area contributed by atoms with Crippen molar-refractivity contribution in [2.45, 2.75) is 0 Å². The average Bonchev–Trinajstić information content (AvgIpc) is 2.32. The summed E-state index contributed by atoms with van der Waals surface area (Å²) in [4.78, 5) is 30.3. The Kier molecular flexibility index (Phi) is 2.95. The first-order chi connectivity index (χ1) is 8.08. The van der Waals surface area contributed by atoms with Crippen LogP contribution in [0, 0.1) is 0 Å². The predicted molar refractivity (Wildman–Crippen MR) is 59.4 cm³/mol. The van der Waals surface area contributed by atoms with E-state index in [0.29, 0.717) is 18.7 Å². The molecule has 1 aromatic rings. The fourth-order valence-corrected chi connectivity index (χ4v) is 1.66. The molecule has 2 rings (SSSR count). The van der Waals surface area contributed by atoms with Gasteiger partial charge in [0.1, 0.15) is 12.3 Å². The van der Waals surface area contributed by atoms with Crippen molar-refractivity contribution in [2.75, 3.05) is 26.7 Å². The second-order valence-corrected chi connectivity index (χ2v) is 3.97. The lowest BCUT2D eigenvalue weighted by atomic mass is 10.2. The normalized spacial score (nSPS) is 16.2. The standard InChI is InChI=1S/C11H13N3O3/c1-13-2-3-14(7-10(13)16)11(17)8-4-9(15)6-12-5-8/h4-6,15H,2-3,7H2,1H3. The van der Waals surface area contributed by atoms with Crippen LogP contribution in [0.15, 0.2) is 18.5 Å². The summed E-state index contributed by atoms with van der Waals surface area (Å²) in [5.41, 5.74) is 0.294. The van der Waals surface area contributed by atoms with Gasteiger partial charge in [0.25, 0.3) is 5.91 Å². The third-order valence-electron chi connectivity index (χ3n) is 2.72. The van der Waals surface area contributed by atoms with Gasteiger partial charge >= 0.3 is 0 Å². The zero-order chi connectivity index (χ0) is 12.4. The van der Waals surface area contributed by atoms with Crippen LogP contribution < -0.4 is 0 Å². The zero-order valence-electron chi connectivity index (χ0n) is 9.46. The fraction of sp³-hybridized carbons (Fsp3) is 0.364. The second kappa shape index (κ2) is 4.40. The molecule has 1 aliphatic rings. The summed E-state index contributed by atoms with van der Waals surface area (Å²) in [7, 11) is 1.71. The Hall–Kier alpha value is -2.11. The van der Waals surface area contributed by atoms with Gasteiger partial charge in [0.05, 0.1) is 11.8 Å². The predicted octanol–water partition coefficient (Wildman–Crippen LogP) is -0.299. The first-order valence-electron chi connectivity index (χ1n) is 5.25. The van der Waals surface area contributed by atoms with Crippen LogP contribution in [0.5, 0.6) is 5.75 Å². The first kappa shape index (κ1) is 11.4. The van der Waals surface area contributed by atoms with Gasteiger partial charge in [-0.3, -0.25) is 14.6 Å². The van der Waals surface area contributed by atoms with E-state index in [1.807, 2.05) is 0 Å². The number of pyridine rings is 1. The number of aromatic hydroxyl groups is 1. The van der Waals surface area contributed by atoms with Gasteiger partial charge in [-0.1, -0.05) is 0 Å². The van der Waals surface area contributed by atoms with Crippen molar-refractivity contribution < 1.29 is 14.7 Å². The Labute approximate surface area is 98.5 Å². The van der Waals surface area contributed by atoms with E-state index in [4.69, 9.17) is 0 Å². The lowest BCUT2D eigenvalue weighted by molar-refractivity contribution is -0.133. The van der Waals surface area contributed by atoms with Crippen LogP contribution in [0.1, 0.15) is 10.4 Å². The number of carbonyl (C=O) groups is 2. The van der Waals surface area contributed by atoms with Gasteiger partial charge in [-0.15, -0.1) is 0 Å². The Morgan fingerprint density at radius 1 is 1.41 bits per heavy atom. The Balaban J connectivity index is 2.13. The number of amides is 2. The average molecular weight is 235 g/mol. The van der Waals surface area contributed by atoms with E-state index in [0.717, 1.165) is 0 Å². The van der Waals surface area contributed by atoms with Crippen LogP contribution in [0.4, 0.5) is 0 Å². The Morgan fingerprint density at radius 2 is 2.18 bits per heavy atom. The lowest BCUT2D eigenvalue weighted by Gasteiger charge is -2.31. The minimum absolute atomic E-state index is 0.0590. The highest BCUT2D eigenvalue weighted by Gasteiger charge is 2.25. The molecule has 0 unspecified atom stereocenters. The highest BCUT2D eigenvalue weighted by atomic mass is 16.3. The summed E-state index contributed by atoms with van der Waals surface area (Å²) >= 11 is 0. The molecule has 0 bridgehead atoms. The van der Waals surface area contributed by atoms with Gasteiger partial charge in [-0.05, 0) is 6.07 Å². The Morgan fingerprint density at radius 3 is 2.82 bits per heavy atom. The van der Waals surface area contributed by atoms with E-state index >= 15 is 0 Å². The molecule has 1 N–H and O–H groups in total. The highest BCUT2D eigenvalue weighted by Crippen LogP contribution is 2.12. The van der Waals surface area contributed by atoms with Gasteiger partial charge in [0, 0.05) is 26.3 Å². The topological polar surface area (TPSA) is 73.7 Å². The maximum Gasteiger partial charge on any atom is 0.256 e. The van der Waals surface area contributed by atoms with Crippen molar-refractivity contribution in [2.24, 2.45) is 0 Å². The number of rotatable bonds is 1. The van der Waals surface area contributed by atoms with E-state index < -0.39 is 0 Å². The number of aromatic nitrogens is 1. The molecule has 1 aromatic heterocycles. The first-order valence-corrected chi connectivity index (χ1v) is 5.25. The molecule has 1 aliphatic heterocycles. The van der Waals surface area contributed by atoms with Crippen molar-refractivity contribution in [3.8, 4) is 5.75 Å². The van der Waals surface area contributed by atoms with Crippen molar-refractivity contribution in [1.29, 1.82) is 0 Å². The molecule has 0 aromatic carbocycles.